The number of hydrogen-bond donors (Lipinski definition) is 2. The molecule has 0 atom stereocenters. The van der Waals surface area contributed by atoms with Gasteiger partial charge in [0.1, 0.15) is 0 Å². The zero-order chi connectivity index (χ0) is 15.0. The summed E-state index contributed by atoms with van der Waals surface area (Å²) < 4.78 is 5.29. The van der Waals surface area contributed by atoms with Crippen molar-refractivity contribution in [3.63, 3.8) is 0 Å². The summed E-state index contributed by atoms with van der Waals surface area (Å²) in [5.41, 5.74) is 5.77. The van der Waals surface area contributed by atoms with E-state index in [1.54, 1.807) is 12.1 Å². The molecule has 0 unspecified atom stereocenters. The number of nitrogens with zero attached hydrogens (tertiary/aromatic N) is 1. The highest BCUT2D eigenvalue weighted by atomic mass is 16.6. The number of ether oxygens (including phenoxy) is 1. The second kappa shape index (κ2) is 8.11. The van der Waals surface area contributed by atoms with E-state index in [9.17, 15) is 14.9 Å². The Morgan fingerprint density at radius 2 is 2.25 bits per heavy atom. The first-order valence-electron chi connectivity index (χ1n) is 6.43. The molecule has 110 valence electrons. The first kappa shape index (κ1) is 15.9. The number of rotatable bonds is 9. The number of amides is 1. The molecule has 0 saturated heterocycles. The van der Waals surface area contributed by atoms with Gasteiger partial charge >= 0.3 is 5.69 Å². The topological polar surface area (TPSA) is 107 Å². The van der Waals surface area contributed by atoms with Crippen LogP contribution >= 0.6 is 0 Å². The molecule has 3 N–H and O–H groups in total. The zero-order valence-electron chi connectivity index (χ0n) is 11.4. The average Bonchev–Trinajstić information content (AvgIpc) is 2.38. The maximum atomic E-state index is 10.9. The molecule has 0 radical (unpaired) electrons. The maximum Gasteiger partial charge on any atom is 0.310 e. The molecule has 20 heavy (non-hydrogen) atoms. The minimum absolute atomic E-state index is 0.0233. The third kappa shape index (κ3) is 5.23. The average molecular weight is 281 g/mol. The fraction of sp³-hybridized carbons (Fsp3) is 0.462. The number of nitrogens with one attached hydrogen (secondary N) is 1. The molecular formula is C13H19N3O4. The molecule has 0 saturated carbocycles. The first-order valence-corrected chi connectivity index (χ1v) is 6.43. The van der Waals surface area contributed by atoms with E-state index in [4.69, 9.17) is 10.5 Å². The lowest BCUT2D eigenvalue weighted by Crippen LogP contribution is -2.15. The minimum atomic E-state index is -0.511. The van der Waals surface area contributed by atoms with Crippen molar-refractivity contribution in [3.05, 3.63) is 33.9 Å². The molecule has 0 fully saturated rings. The van der Waals surface area contributed by atoms with Crippen LogP contribution in [0.2, 0.25) is 0 Å². The Morgan fingerprint density at radius 1 is 1.50 bits per heavy atom. The van der Waals surface area contributed by atoms with E-state index in [0.717, 1.165) is 18.5 Å². The van der Waals surface area contributed by atoms with Crippen LogP contribution in [0.15, 0.2) is 18.2 Å². The van der Waals surface area contributed by atoms with E-state index in [0.29, 0.717) is 6.54 Å². The molecule has 0 aliphatic heterocycles. The van der Waals surface area contributed by atoms with E-state index >= 15 is 0 Å². The van der Waals surface area contributed by atoms with Crippen molar-refractivity contribution in [1.82, 2.24) is 5.32 Å². The summed E-state index contributed by atoms with van der Waals surface area (Å²) in [5.74, 6) is -0.347. The van der Waals surface area contributed by atoms with Crippen LogP contribution in [0, 0.1) is 10.1 Å². The molecule has 0 bridgehead atoms. The van der Waals surface area contributed by atoms with Crippen LogP contribution in [-0.2, 0) is 11.3 Å². The molecule has 0 aliphatic rings. The molecule has 7 nitrogen and oxygen atoms in total. The van der Waals surface area contributed by atoms with Gasteiger partial charge in [0.05, 0.1) is 18.0 Å². The number of primary amides is 1. The summed E-state index contributed by atoms with van der Waals surface area (Å²) in [7, 11) is 0. The van der Waals surface area contributed by atoms with E-state index < -0.39 is 10.8 Å². The molecule has 0 aromatic heterocycles. The van der Waals surface area contributed by atoms with Gasteiger partial charge in [0, 0.05) is 12.6 Å². The molecular weight excluding hydrogens is 262 g/mol. The summed E-state index contributed by atoms with van der Waals surface area (Å²) >= 11 is 0. The summed E-state index contributed by atoms with van der Waals surface area (Å²) in [4.78, 5) is 21.0. The van der Waals surface area contributed by atoms with E-state index in [2.05, 4.69) is 12.2 Å². The van der Waals surface area contributed by atoms with Gasteiger partial charge in [-0.05, 0) is 24.6 Å². The number of nitrogens with two attached hydrogens (primary N) is 1. The quantitative estimate of drug-likeness (QED) is 0.403. The first-order chi connectivity index (χ1) is 9.54. The van der Waals surface area contributed by atoms with Crippen LogP contribution in [-0.4, -0.2) is 24.0 Å². The molecule has 0 spiro atoms. The van der Waals surface area contributed by atoms with Gasteiger partial charge in [0.15, 0.2) is 5.75 Å². The Labute approximate surface area is 117 Å². The SMILES string of the molecule is CCCNCc1ccc([N+](=O)[O-])c(OCCC(N)=O)c1. The van der Waals surface area contributed by atoms with Gasteiger partial charge < -0.3 is 15.8 Å². The molecule has 1 amide bonds. The largest absolute Gasteiger partial charge is 0.486 e. The lowest BCUT2D eigenvalue weighted by molar-refractivity contribution is -0.385. The van der Waals surface area contributed by atoms with Gasteiger partial charge in [-0.15, -0.1) is 0 Å². The number of hydrogen-bond acceptors (Lipinski definition) is 5. The number of nitro groups is 1. The van der Waals surface area contributed by atoms with Crippen molar-refractivity contribution in [2.45, 2.75) is 26.3 Å². The summed E-state index contributed by atoms with van der Waals surface area (Å²) in [6.07, 6.45) is 1.03. The standard InChI is InChI=1S/C13H19N3O4/c1-2-6-15-9-10-3-4-11(16(18)19)12(8-10)20-7-5-13(14)17/h3-4,8,15H,2,5-7,9H2,1H3,(H2,14,17). The van der Waals surface area contributed by atoms with Crippen LogP contribution in [0.1, 0.15) is 25.3 Å². The smallest absolute Gasteiger partial charge is 0.310 e. The van der Waals surface area contributed by atoms with E-state index in [1.807, 2.05) is 0 Å². The molecule has 0 aliphatic carbocycles. The predicted octanol–water partition coefficient (Wildman–Crippen LogP) is 1.35. The maximum absolute atomic E-state index is 10.9. The fourth-order valence-electron chi connectivity index (χ4n) is 1.61. The monoisotopic (exact) mass is 281 g/mol. The van der Waals surface area contributed by atoms with E-state index in [-0.39, 0.29) is 24.5 Å². The summed E-state index contributed by atoms with van der Waals surface area (Å²) in [5, 5.41) is 14.1. The Hall–Kier alpha value is -2.15. The van der Waals surface area contributed by atoms with Gasteiger partial charge in [0.2, 0.25) is 5.91 Å². The number of carbonyl (C=O) groups excluding carboxylic acids is 1. The van der Waals surface area contributed by atoms with Crippen LogP contribution in [0.5, 0.6) is 5.75 Å². The Balaban J connectivity index is 2.77. The van der Waals surface area contributed by atoms with Gasteiger partial charge in [-0.2, -0.15) is 0 Å². The van der Waals surface area contributed by atoms with Gasteiger partial charge in [0.25, 0.3) is 0 Å². The predicted molar refractivity (Wildman–Crippen MR) is 74.4 cm³/mol. The number of carbonyl (C=O) groups is 1. The second-order valence-electron chi connectivity index (χ2n) is 4.30. The van der Waals surface area contributed by atoms with Crippen LogP contribution < -0.4 is 15.8 Å². The summed E-state index contributed by atoms with van der Waals surface area (Å²) in [6, 6.07) is 4.70. The van der Waals surface area contributed by atoms with Gasteiger partial charge in [-0.1, -0.05) is 13.0 Å². The zero-order valence-corrected chi connectivity index (χ0v) is 11.4. The highest BCUT2D eigenvalue weighted by Crippen LogP contribution is 2.28. The van der Waals surface area contributed by atoms with E-state index in [1.165, 1.54) is 6.07 Å². The van der Waals surface area contributed by atoms with Crippen LogP contribution in [0.3, 0.4) is 0 Å². The molecule has 1 rings (SSSR count). The van der Waals surface area contributed by atoms with Crippen molar-refractivity contribution >= 4 is 11.6 Å². The highest BCUT2D eigenvalue weighted by molar-refractivity contribution is 5.73. The Morgan fingerprint density at radius 3 is 2.85 bits per heavy atom. The van der Waals surface area contributed by atoms with Crippen molar-refractivity contribution in [1.29, 1.82) is 0 Å². The third-order valence-corrected chi connectivity index (χ3v) is 2.58. The van der Waals surface area contributed by atoms with Gasteiger partial charge in [-0.25, -0.2) is 0 Å². The number of nitro benzene ring substituents is 1. The number of benzene rings is 1. The second-order valence-corrected chi connectivity index (χ2v) is 4.30. The highest BCUT2D eigenvalue weighted by Gasteiger charge is 2.15. The Bertz CT molecular complexity index is 477. The van der Waals surface area contributed by atoms with Crippen molar-refractivity contribution < 1.29 is 14.5 Å². The summed E-state index contributed by atoms with van der Waals surface area (Å²) in [6.45, 7) is 3.57. The minimum Gasteiger partial charge on any atom is -0.486 e. The molecule has 7 heteroatoms. The lowest BCUT2D eigenvalue weighted by atomic mass is 10.2. The van der Waals surface area contributed by atoms with Crippen LogP contribution in [0.4, 0.5) is 5.69 Å². The van der Waals surface area contributed by atoms with Crippen LogP contribution in [0.25, 0.3) is 0 Å². The van der Waals surface area contributed by atoms with Crippen molar-refractivity contribution in [2.24, 2.45) is 5.73 Å². The van der Waals surface area contributed by atoms with Crippen molar-refractivity contribution in [3.8, 4) is 5.75 Å². The van der Waals surface area contributed by atoms with Crippen molar-refractivity contribution in [2.75, 3.05) is 13.2 Å². The Kier molecular flexibility index (Phi) is 6.45. The fourth-order valence-corrected chi connectivity index (χ4v) is 1.61. The normalized spacial score (nSPS) is 10.2. The third-order valence-electron chi connectivity index (χ3n) is 2.58. The van der Waals surface area contributed by atoms with Gasteiger partial charge in [-0.3, -0.25) is 14.9 Å². The lowest BCUT2D eigenvalue weighted by Gasteiger charge is -2.08. The molecule has 1 aromatic carbocycles. The molecule has 1 aromatic rings. The molecule has 0 heterocycles.